The van der Waals surface area contributed by atoms with Crippen LogP contribution in [0.5, 0.6) is 0 Å². The molecular weight excluding hydrogens is 274 g/mol. The van der Waals surface area contributed by atoms with Gasteiger partial charge in [0.25, 0.3) is 0 Å². The van der Waals surface area contributed by atoms with Crippen LogP contribution < -0.4 is 0 Å². The number of halogens is 1. The molecule has 0 amide bonds. The molecule has 0 fully saturated rings. The average Bonchev–Trinajstić information content (AvgIpc) is 2.85. The van der Waals surface area contributed by atoms with Crippen LogP contribution in [0.1, 0.15) is 29.8 Å². The Bertz CT molecular complexity index is 410. The zero-order chi connectivity index (χ0) is 10.7. The van der Waals surface area contributed by atoms with E-state index < -0.39 is 0 Å². The molecule has 80 valence electrons. The summed E-state index contributed by atoms with van der Waals surface area (Å²) in [4.78, 5) is 1.41. The summed E-state index contributed by atoms with van der Waals surface area (Å²) in [6.45, 7) is 2.21. The molecule has 1 N–H and O–H groups in total. The Morgan fingerprint density at radius 3 is 2.93 bits per heavy atom. The van der Waals surface area contributed by atoms with E-state index >= 15 is 0 Å². The van der Waals surface area contributed by atoms with Crippen molar-refractivity contribution in [3.63, 3.8) is 0 Å². The molecule has 2 rings (SSSR count). The summed E-state index contributed by atoms with van der Waals surface area (Å²) >= 11 is 5.29. The van der Waals surface area contributed by atoms with Crippen LogP contribution in [-0.2, 0) is 6.42 Å². The SMILES string of the molecule is CCC(Cc1cn[nH]n1)c1ccc(Br)s1. The van der Waals surface area contributed by atoms with Gasteiger partial charge in [-0.05, 0) is 40.4 Å². The highest BCUT2D eigenvalue weighted by atomic mass is 79.9. The number of nitrogens with one attached hydrogen (secondary N) is 1. The van der Waals surface area contributed by atoms with E-state index in [1.807, 2.05) is 0 Å². The first-order valence-electron chi connectivity index (χ1n) is 4.89. The largest absolute Gasteiger partial charge is 0.198 e. The standard InChI is InChI=1S/C10H12BrN3S/c1-2-7(5-8-6-12-14-13-8)9-3-4-10(11)15-9/h3-4,6-7H,2,5H2,1H3,(H,12,13,14). The van der Waals surface area contributed by atoms with E-state index in [1.54, 1.807) is 17.5 Å². The van der Waals surface area contributed by atoms with Crippen molar-refractivity contribution in [2.75, 3.05) is 0 Å². The Balaban J connectivity index is 2.11. The number of thiophene rings is 1. The van der Waals surface area contributed by atoms with E-state index in [9.17, 15) is 0 Å². The van der Waals surface area contributed by atoms with Crippen LogP contribution in [0.15, 0.2) is 22.1 Å². The molecule has 0 radical (unpaired) electrons. The van der Waals surface area contributed by atoms with E-state index in [0.717, 1.165) is 18.5 Å². The van der Waals surface area contributed by atoms with Crippen LogP contribution in [0, 0.1) is 0 Å². The summed E-state index contributed by atoms with van der Waals surface area (Å²) in [6, 6.07) is 4.29. The van der Waals surface area contributed by atoms with Crippen LogP contribution >= 0.6 is 27.3 Å². The number of hydrogen-bond acceptors (Lipinski definition) is 3. The highest BCUT2D eigenvalue weighted by Crippen LogP contribution is 2.32. The van der Waals surface area contributed by atoms with Crippen molar-refractivity contribution in [3.05, 3.63) is 32.7 Å². The predicted octanol–water partition coefficient (Wildman–Crippen LogP) is 3.37. The van der Waals surface area contributed by atoms with E-state index in [-0.39, 0.29) is 0 Å². The lowest BCUT2D eigenvalue weighted by atomic mass is 9.99. The molecule has 0 bridgehead atoms. The Labute approximate surface area is 101 Å². The van der Waals surface area contributed by atoms with Crippen molar-refractivity contribution < 1.29 is 0 Å². The minimum Gasteiger partial charge on any atom is -0.198 e. The van der Waals surface area contributed by atoms with E-state index in [1.165, 1.54) is 8.66 Å². The van der Waals surface area contributed by atoms with Gasteiger partial charge < -0.3 is 0 Å². The normalized spacial score (nSPS) is 12.9. The molecular formula is C10H12BrN3S. The third-order valence-corrected chi connectivity index (χ3v) is 4.20. The molecule has 0 aliphatic rings. The first kappa shape index (κ1) is 10.8. The second-order valence-corrected chi connectivity index (χ2v) is 5.91. The Kier molecular flexibility index (Phi) is 3.53. The number of H-pyrrole nitrogens is 1. The third-order valence-electron chi connectivity index (χ3n) is 2.41. The molecule has 2 aromatic heterocycles. The maximum absolute atomic E-state index is 4.09. The van der Waals surface area contributed by atoms with Crippen LogP contribution in [0.3, 0.4) is 0 Å². The maximum Gasteiger partial charge on any atom is 0.0831 e. The first-order chi connectivity index (χ1) is 7.29. The Hall–Kier alpha value is -0.680. The Morgan fingerprint density at radius 2 is 2.40 bits per heavy atom. The quantitative estimate of drug-likeness (QED) is 0.936. The Morgan fingerprint density at radius 1 is 1.53 bits per heavy atom. The van der Waals surface area contributed by atoms with Gasteiger partial charge in [0.15, 0.2) is 0 Å². The lowest BCUT2D eigenvalue weighted by Crippen LogP contribution is -1.99. The summed E-state index contributed by atoms with van der Waals surface area (Å²) in [5.41, 5.74) is 1.03. The molecule has 0 spiro atoms. The van der Waals surface area contributed by atoms with Gasteiger partial charge in [0.05, 0.1) is 15.7 Å². The fourth-order valence-electron chi connectivity index (χ4n) is 1.57. The number of aromatic amines is 1. The maximum atomic E-state index is 4.09. The molecule has 0 saturated carbocycles. The van der Waals surface area contributed by atoms with Crippen molar-refractivity contribution in [1.29, 1.82) is 0 Å². The number of aromatic nitrogens is 3. The van der Waals surface area contributed by atoms with Gasteiger partial charge in [-0.2, -0.15) is 15.4 Å². The number of hydrogen-bond donors (Lipinski definition) is 1. The molecule has 1 unspecified atom stereocenters. The molecule has 15 heavy (non-hydrogen) atoms. The summed E-state index contributed by atoms with van der Waals surface area (Å²) in [5, 5.41) is 10.6. The highest BCUT2D eigenvalue weighted by molar-refractivity contribution is 9.11. The van der Waals surface area contributed by atoms with Crippen LogP contribution in [0.25, 0.3) is 0 Å². The zero-order valence-electron chi connectivity index (χ0n) is 8.40. The highest BCUT2D eigenvalue weighted by Gasteiger charge is 2.13. The molecule has 0 aromatic carbocycles. The van der Waals surface area contributed by atoms with Gasteiger partial charge in [-0.3, -0.25) is 0 Å². The smallest absolute Gasteiger partial charge is 0.0831 e. The van der Waals surface area contributed by atoms with Crippen LogP contribution in [0.4, 0.5) is 0 Å². The minimum atomic E-state index is 0.548. The third kappa shape index (κ3) is 2.66. The zero-order valence-corrected chi connectivity index (χ0v) is 10.8. The first-order valence-corrected chi connectivity index (χ1v) is 6.50. The van der Waals surface area contributed by atoms with Gasteiger partial charge in [0, 0.05) is 11.3 Å². The molecule has 3 nitrogen and oxygen atoms in total. The molecule has 0 saturated heterocycles. The molecule has 0 aliphatic carbocycles. The van der Waals surface area contributed by atoms with Gasteiger partial charge in [0.2, 0.25) is 0 Å². The lowest BCUT2D eigenvalue weighted by molar-refractivity contribution is 0.659. The van der Waals surface area contributed by atoms with Crippen molar-refractivity contribution in [2.45, 2.75) is 25.7 Å². The average molecular weight is 286 g/mol. The molecule has 1 atom stereocenters. The molecule has 2 aromatic rings. The molecule has 2 heterocycles. The van der Waals surface area contributed by atoms with Crippen LogP contribution in [-0.4, -0.2) is 15.4 Å². The fourth-order valence-corrected chi connectivity index (χ4v) is 3.18. The van der Waals surface area contributed by atoms with Crippen molar-refractivity contribution in [3.8, 4) is 0 Å². The van der Waals surface area contributed by atoms with Crippen LogP contribution in [0.2, 0.25) is 0 Å². The van der Waals surface area contributed by atoms with Gasteiger partial charge in [0.1, 0.15) is 0 Å². The summed E-state index contributed by atoms with van der Waals surface area (Å²) in [5.74, 6) is 0.548. The van der Waals surface area contributed by atoms with Gasteiger partial charge in [-0.1, -0.05) is 6.92 Å². The number of nitrogens with zero attached hydrogens (tertiary/aromatic N) is 2. The number of rotatable bonds is 4. The summed E-state index contributed by atoms with van der Waals surface area (Å²) in [6.07, 6.45) is 3.88. The van der Waals surface area contributed by atoms with E-state index in [2.05, 4.69) is 50.4 Å². The summed E-state index contributed by atoms with van der Waals surface area (Å²) < 4.78 is 1.19. The van der Waals surface area contributed by atoms with Crippen molar-refractivity contribution in [1.82, 2.24) is 15.4 Å². The summed E-state index contributed by atoms with van der Waals surface area (Å²) in [7, 11) is 0. The second kappa shape index (κ2) is 4.90. The fraction of sp³-hybridized carbons (Fsp3) is 0.400. The lowest BCUT2D eigenvalue weighted by Gasteiger charge is -2.10. The van der Waals surface area contributed by atoms with Crippen molar-refractivity contribution >= 4 is 27.3 Å². The molecule has 0 aliphatic heterocycles. The van der Waals surface area contributed by atoms with E-state index in [4.69, 9.17) is 0 Å². The van der Waals surface area contributed by atoms with Gasteiger partial charge >= 0.3 is 0 Å². The van der Waals surface area contributed by atoms with Crippen molar-refractivity contribution in [2.24, 2.45) is 0 Å². The second-order valence-electron chi connectivity index (χ2n) is 3.41. The van der Waals surface area contributed by atoms with E-state index in [0.29, 0.717) is 5.92 Å². The minimum absolute atomic E-state index is 0.548. The van der Waals surface area contributed by atoms with Gasteiger partial charge in [-0.15, -0.1) is 11.3 Å². The molecule has 5 heteroatoms. The topological polar surface area (TPSA) is 41.6 Å². The van der Waals surface area contributed by atoms with Gasteiger partial charge in [-0.25, -0.2) is 0 Å². The monoisotopic (exact) mass is 285 g/mol. The predicted molar refractivity (Wildman–Crippen MR) is 65.1 cm³/mol.